The van der Waals surface area contributed by atoms with Gasteiger partial charge in [-0.15, -0.1) is 0 Å². The Labute approximate surface area is 165 Å². The third kappa shape index (κ3) is 2.21. The van der Waals surface area contributed by atoms with Crippen LogP contribution in [0.5, 0.6) is 0 Å². The van der Waals surface area contributed by atoms with Gasteiger partial charge in [-0.05, 0) is 56.1 Å². The summed E-state index contributed by atoms with van der Waals surface area (Å²) in [7, 11) is -4.16. The maximum absolute atomic E-state index is 12.5. The maximum Gasteiger partial charge on any atom is 0.493 e. The standard InChI is InChI=1S/C19H26BN3O4S/c1-12(2)28(25,26)23-8-5-18(6-9-23)11-19(13(18)3)16-14-4-7-21-17(14)22-10-15(16)20(24)27-19/h4,7,10,12-13,24H,5-6,8-9,11H2,1-3H3,(H,21,22). The molecule has 2 atom stereocenters. The molecule has 2 N–H and O–H groups in total. The zero-order chi connectivity index (χ0) is 19.9. The highest BCUT2D eigenvalue weighted by molar-refractivity contribution is 7.89. The van der Waals surface area contributed by atoms with Crippen LogP contribution in [-0.2, 0) is 20.3 Å². The van der Waals surface area contributed by atoms with Crippen LogP contribution < -0.4 is 5.46 Å². The lowest BCUT2D eigenvalue weighted by atomic mass is 9.47. The molecule has 2 unspecified atom stereocenters. The second-order valence-corrected chi connectivity index (χ2v) is 11.4. The molecule has 9 heteroatoms. The fourth-order valence-electron chi connectivity index (χ4n) is 5.74. The lowest BCUT2D eigenvalue weighted by Crippen LogP contribution is -2.62. The van der Waals surface area contributed by atoms with Crippen LogP contribution in [0, 0.1) is 11.3 Å². The van der Waals surface area contributed by atoms with Crippen LogP contribution in [0.2, 0.25) is 0 Å². The summed E-state index contributed by atoms with van der Waals surface area (Å²) in [6, 6.07) is 2.00. The topological polar surface area (TPSA) is 95.5 Å². The van der Waals surface area contributed by atoms with Crippen LogP contribution in [0.4, 0.5) is 0 Å². The molecule has 150 valence electrons. The number of hydrogen-bond donors (Lipinski definition) is 2. The van der Waals surface area contributed by atoms with E-state index in [2.05, 4.69) is 16.9 Å². The van der Waals surface area contributed by atoms with Crippen molar-refractivity contribution in [3.8, 4) is 0 Å². The summed E-state index contributed by atoms with van der Waals surface area (Å²) in [5.74, 6) is 0.195. The number of nitrogens with zero attached hydrogens (tertiary/aromatic N) is 2. The molecule has 4 heterocycles. The number of hydrogen-bond acceptors (Lipinski definition) is 5. The van der Waals surface area contributed by atoms with Crippen LogP contribution in [0.15, 0.2) is 18.5 Å². The Balaban J connectivity index is 1.45. The third-order valence-corrected chi connectivity index (χ3v) is 9.81. The summed E-state index contributed by atoms with van der Waals surface area (Å²) in [6.07, 6.45) is 6.05. The second-order valence-electron chi connectivity index (χ2n) is 8.94. The van der Waals surface area contributed by atoms with Gasteiger partial charge in [-0.1, -0.05) is 6.92 Å². The molecule has 1 saturated carbocycles. The molecule has 1 aliphatic carbocycles. The van der Waals surface area contributed by atoms with Crippen molar-refractivity contribution >= 4 is 33.6 Å². The molecule has 2 fully saturated rings. The van der Waals surface area contributed by atoms with Crippen LogP contribution in [0.3, 0.4) is 0 Å². The van der Waals surface area contributed by atoms with Gasteiger partial charge in [-0.25, -0.2) is 17.7 Å². The first-order chi connectivity index (χ1) is 13.2. The Morgan fingerprint density at radius 2 is 2.11 bits per heavy atom. The second kappa shape index (κ2) is 5.81. The Morgan fingerprint density at radius 1 is 1.39 bits per heavy atom. The van der Waals surface area contributed by atoms with Gasteiger partial charge >= 0.3 is 7.12 Å². The molecule has 2 aliphatic heterocycles. The quantitative estimate of drug-likeness (QED) is 0.738. The molecule has 3 aliphatic rings. The predicted molar refractivity (Wildman–Crippen MR) is 108 cm³/mol. The molecule has 0 amide bonds. The van der Waals surface area contributed by atoms with Gasteiger partial charge in [0.2, 0.25) is 10.0 Å². The summed E-state index contributed by atoms with van der Waals surface area (Å²) in [4.78, 5) is 7.55. The maximum atomic E-state index is 12.5. The molecular formula is C19H26BN3O4S. The van der Waals surface area contributed by atoms with Gasteiger partial charge in [-0.2, -0.15) is 0 Å². The third-order valence-electron chi connectivity index (χ3n) is 7.53. The number of rotatable bonds is 2. The van der Waals surface area contributed by atoms with Gasteiger partial charge in [0.25, 0.3) is 0 Å². The van der Waals surface area contributed by atoms with E-state index in [4.69, 9.17) is 4.65 Å². The first kappa shape index (κ1) is 18.6. The summed E-state index contributed by atoms with van der Waals surface area (Å²) >= 11 is 0. The minimum Gasteiger partial charge on any atom is -0.423 e. The number of piperidine rings is 1. The number of H-pyrrole nitrogens is 1. The summed E-state index contributed by atoms with van der Waals surface area (Å²) < 4.78 is 32.9. The van der Waals surface area contributed by atoms with Gasteiger partial charge in [0, 0.05) is 36.3 Å². The van der Waals surface area contributed by atoms with Crippen molar-refractivity contribution in [2.75, 3.05) is 13.1 Å². The van der Waals surface area contributed by atoms with Crippen molar-refractivity contribution < 1.29 is 18.1 Å². The summed E-state index contributed by atoms with van der Waals surface area (Å²) in [6.45, 7) is 6.79. The largest absolute Gasteiger partial charge is 0.493 e. The summed E-state index contributed by atoms with van der Waals surface area (Å²) in [5, 5.41) is 11.2. The molecule has 0 radical (unpaired) electrons. The highest BCUT2D eigenvalue weighted by atomic mass is 32.2. The molecule has 28 heavy (non-hydrogen) atoms. The first-order valence-corrected chi connectivity index (χ1v) is 11.5. The van der Waals surface area contributed by atoms with Gasteiger partial charge in [0.05, 0.1) is 10.9 Å². The van der Waals surface area contributed by atoms with Crippen molar-refractivity contribution in [1.29, 1.82) is 0 Å². The van der Waals surface area contributed by atoms with E-state index < -0.39 is 22.7 Å². The molecular weight excluding hydrogens is 377 g/mol. The molecule has 2 aromatic heterocycles. The zero-order valence-corrected chi connectivity index (χ0v) is 17.3. The van der Waals surface area contributed by atoms with E-state index in [1.165, 1.54) is 0 Å². The van der Waals surface area contributed by atoms with Gasteiger partial charge in [0.1, 0.15) is 5.65 Å². The molecule has 0 bridgehead atoms. The van der Waals surface area contributed by atoms with Gasteiger partial charge in [0.15, 0.2) is 0 Å². The highest BCUT2D eigenvalue weighted by Gasteiger charge is 2.67. The van der Waals surface area contributed by atoms with E-state index in [9.17, 15) is 13.4 Å². The molecule has 2 spiro atoms. The molecule has 2 aromatic rings. The Hall–Kier alpha value is -1.42. The average molecular weight is 403 g/mol. The number of aromatic nitrogens is 2. The predicted octanol–water partition coefficient (Wildman–Crippen LogP) is 1.34. The minimum absolute atomic E-state index is 0.0518. The van der Waals surface area contributed by atoms with Crippen molar-refractivity contribution in [3.05, 3.63) is 24.0 Å². The zero-order valence-electron chi connectivity index (χ0n) is 16.5. The Bertz CT molecular complexity index is 1040. The van der Waals surface area contributed by atoms with Gasteiger partial charge in [-0.3, -0.25) is 0 Å². The van der Waals surface area contributed by atoms with E-state index in [1.807, 2.05) is 12.3 Å². The van der Waals surface area contributed by atoms with Crippen LogP contribution in [0.1, 0.15) is 45.6 Å². The lowest BCUT2D eigenvalue weighted by Gasteiger charge is -2.63. The van der Waals surface area contributed by atoms with Crippen molar-refractivity contribution in [3.63, 3.8) is 0 Å². The SMILES string of the molecule is CC1C2(CCN(S(=O)(=O)C(C)C)CC2)CC12OB(O)c1cnc3[nH]ccc3c12. The number of fused-ring (bicyclic) bond motifs is 4. The average Bonchev–Trinajstić information content (AvgIpc) is 3.25. The van der Waals surface area contributed by atoms with Crippen LogP contribution in [-0.4, -0.2) is 53.2 Å². The van der Waals surface area contributed by atoms with E-state index in [1.54, 1.807) is 24.3 Å². The van der Waals surface area contributed by atoms with E-state index >= 15 is 0 Å². The smallest absolute Gasteiger partial charge is 0.423 e. The Morgan fingerprint density at radius 3 is 2.75 bits per heavy atom. The molecule has 5 rings (SSSR count). The van der Waals surface area contributed by atoms with E-state index in [-0.39, 0.29) is 16.6 Å². The van der Waals surface area contributed by atoms with Crippen LogP contribution >= 0.6 is 0 Å². The number of pyridine rings is 1. The fourth-order valence-corrected chi connectivity index (χ4v) is 7.03. The monoisotopic (exact) mass is 403 g/mol. The van der Waals surface area contributed by atoms with Crippen molar-refractivity contribution in [2.45, 2.75) is 50.9 Å². The molecule has 7 nitrogen and oxygen atoms in total. The van der Waals surface area contributed by atoms with Crippen LogP contribution in [0.25, 0.3) is 11.0 Å². The van der Waals surface area contributed by atoms with E-state index in [0.29, 0.717) is 13.1 Å². The van der Waals surface area contributed by atoms with E-state index in [0.717, 1.165) is 41.3 Å². The minimum atomic E-state index is -3.21. The number of nitrogens with one attached hydrogen (secondary N) is 1. The van der Waals surface area contributed by atoms with Gasteiger partial charge < -0.3 is 14.7 Å². The summed E-state index contributed by atoms with van der Waals surface area (Å²) in [5.41, 5.74) is 2.16. The normalized spacial score (nSPS) is 29.8. The van der Waals surface area contributed by atoms with Crippen molar-refractivity contribution in [1.82, 2.24) is 14.3 Å². The lowest BCUT2D eigenvalue weighted by molar-refractivity contribution is -0.192. The molecule has 0 aromatic carbocycles. The Kier molecular flexibility index (Phi) is 3.86. The molecule has 1 saturated heterocycles. The first-order valence-electron chi connectivity index (χ1n) is 10.0. The highest BCUT2D eigenvalue weighted by Crippen LogP contribution is 2.66. The fraction of sp³-hybridized carbons (Fsp3) is 0.632. The van der Waals surface area contributed by atoms with Crippen molar-refractivity contribution in [2.24, 2.45) is 11.3 Å². The number of sulfonamides is 1. The number of aromatic amines is 1.